The first-order valence-electron chi connectivity index (χ1n) is 5.32. The fourth-order valence-corrected chi connectivity index (χ4v) is 1.43. The monoisotopic (exact) mass is 259 g/mol. The number of rotatable bonds is 3. The Morgan fingerprint density at radius 2 is 1.84 bits per heavy atom. The zero-order valence-corrected chi connectivity index (χ0v) is 9.65. The van der Waals surface area contributed by atoms with Gasteiger partial charge in [0.1, 0.15) is 11.5 Å². The number of non-ortho nitro benzene ring substituents is 1. The normalized spacial score (nSPS) is 9.89. The number of ether oxygens (including phenoxy) is 1. The summed E-state index contributed by atoms with van der Waals surface area (Å²) in [5, 5.41) is 19.7. The number of phenols is 1. The molecule has 0 radical (unpaired) electrons. The number of hydrogen-bond donors (Lipinski definition) is 1. The van der Waals surface area contributed by atoms with Crippen molar-refractivity contribution in [1.29, 1.82) is 0 Å². The molecule has 0 aliphatic rings. The van der Waals surface area contributed by atoms with E-state index in [2.05, 4.69) is 0 Å². The van der Waals surface area contributed by atoms with E-state index in [9.17, 15) is 20.0 Å². The molecule has 0 bridgehead atoms. The van der Waals surface area contributed by atoms with Crippen molar-refractivity contribution in [3.63, 3.8) is 0 Å². The van der Waals surface area contributed by atoms with Crippen LogP contribution in [0.4, 0.5) is 5.69 Å². The van der Waals surface area contributed by atoms with Gasteiger partial charge in [-0.3, -0.25) is 10.1 Å². The Hall–Kier alpha value is -2.89. The van der Waals surface area contributed by atoms with Gasteiger partial charge < -0.3 is 9.84 Å². The maximum Gasteiger partial charge on any atom is 0.343 e. The molecule has 0 amide bonds. The highest BCUT2D eigenvalue weighted by Gasteiger charge is 2.11. The quantitative estimate of drug-likeness (QED) is 0.396. The summed E-state index contributed by atoms with van der Waals surface area (Å²) in [7, 11) is 0. The highest BCUT2D eigenvalue weighted by Crippen LogP contribution is 2.19. The largest absolute Gasteiger partial charge is 0.508 e. The Balaban J connectivity index is 2.14. The molecule has 0 saturated heterocycles. The number of carbonyl (C=O) groups excluding carboxylic acids is 1. The van der Waals surface area contributed by atoms with Crippen molar-refractivity contribution in [2.45, 2.75) is 0 Å². The first kappa shape index (κ1) is 12.6. The van der Waals surface area contributed by atoms with Crippen LogP contribution in [0.3, 0.4) is 0 Å². The van der Waals surface area contributed by atoms with E-state index in [-0.39, 0.29) is 22.7 Å². The molecule has 1 N–H and O–H groups in total. The van der Waals surface area contributed by atoms with E-state index in [0.29, 0.717) is 0 Å². The lowest BCUT2D eigenvalue weighted by Crippen LogP contribution is -2.08. The van der Waals surface area contributed by atoms with Crippen molar-refractivity contribution in [2.24, 2.45) is 0 Å². The summed E-state index contributed by atoms with van der Waals surface area (Å²) < 4.78 is 5.01. The Bertz CT molecular complexity index is 621. The minimum atomic E-state index is -0.652. The molecule has 0 aromatic heterocycles. The lowest BCUT2D eigenvalue weighted by atomic mass is 10.2. The zero-order chi connectivity index (χ0) is 13.8. The van der Waals surface area contributed by atoms with Gasteiger partial charge in [-0.25, -0.2) is 4.79 Å². The van der Waals surface area contributed by atoms with Crippen molar-refractivity contribution in [2.75, 3.05) is 0 Å². The molecule has 96 valence electrons. The molecule has 2 aromatic carbocycles. The van der Waals surface area contributed by atoms with Crippen LogP contribution in [0, 0.1) is 10.1 Å². The van der Waals surface area contributed by atoms with Gasteiger partial charge in [0, 0.05) is 18.2 Å². The number of aromatic hydroxyl groups is 1. The summed E-state index contributed by atoms with van der Waals surface area (Å²) in [4.78, 5) is 21.7. The highest BCUT2D eigenvalue weighted by molar-refractivity contribution is 5.91. The lowest BCUT2D eigenvalue weighted by molar-refractivity contribution is -0.384. The summed E-state index contributed by atoms with van der Waals surface area (Å²) in [5.74, 6) is -0.474. The van der Waals surface area contributed by atoms with E-state index in [1.54, 1.807) is 0 Å². The van der Waals surface area contributed by atoms with Crippen LogP contribution < -0.4 is 4.74 Å². The van der Waals surface area contributed by atoms with Crippen molar-refractivity contribution < 1.29 is 19.6 Å². The van der Waals surface area contributed by atoms with Crippen LogP contribution in [-0.4, -0.2) is 16.0 Å². The highest BCUT2D eigenvalue weighted by atomic mass is 16.6. The van der Waals surface area contributed by atoms with Gasteiger partial charge in [0.25, 0.3) is 5.69 Å². The lowest BCUT2D eigenvalue weighted by Gasteiger charge is -2.04. The maximum absolute atomic E-state index is 11.7. The second-order valence-corrected chi connectivity index (χ2v) is 3.69. The molecule has 0 atom stereocenters. The summed E-state index contributed by atoms with van der Waals surface area (Å²) in [6.45, 7) is 0. The van der Waals surface area contributed by atoms with Crippen molar-refractivity contribution in [3.05, 3.63) is 64.2 Å². The van der Waals surface area contributed by atoms with Crippen LogP contribution in [-0.2, 0) is 0 Å². The topological polar surface area (TPSA) is 89.7 Å². The molecule has 0 heterocycles. The number of benzene rings is 2. The summed E-state index contributed by atoms with van der Waals surface area (Å²) in [5.41, 5.74) is 0.0860. The SMILES string of the molecule is O=C(Oc1cccc(O)c1)c1ccc([N+](=O)[O-])cc1. The first-order valence-corrected chi connectivity index (χ1v) is 5.32. The summed E-state index contributed by atoms with van der Waals surface area (Å²) >= 11 is 0. The standard InChI is InChI=1S/C13H9NO5/c15-11-2-1-3-12(8-11)19-13(16)9-4-6-10(7-5-9)14(17)18/h1-8,15H. The molecular formula is C13H9NO5. The van der Waals surface area contributed by atoms with E-state index < -0.39 is 10.9 Å². The maximum atomic E-state index is 11.7. The Labute approximate surface area is 108 Å². The first-order chi connectivity index (χ1) is 9.06. The third kappa shape index (κ3) is 3.06. The van der Waals surface area contributed by atoms with Crippen LogP contribution in [0.15, 0.2) is 48.5 Å². The molecule has 0 aliphatic carbocycles. The second-order valence-electron chi connectivity index (χ2n) is 3.69. The third-order valence-corrected chi connectivity index (χ3v) is 2.34. The smallest absolute Gasteiger partial charge is 0.343 e. The average Bonchev–Trinajstić information content (AvgIpc) is 2.39. The van der Waals surface area contributed by atoms with Gasteiger partial charge >= 0.3 is 5.97 Å². The molecule has 6 heteroatoms. The third-order valence-electron chi connectivity index (χ3n) is 2.34. The van der Waals surface area contributed by atoms with Gasteiger partial charge in [-0.2, -0.15) is 0 Å². The van der Waals surface area contributed by atoms with Crippen LogP contribution in [0.1, 0.15) is 10.4 Å². The number of phenolic OH excluding ortho intramolecular Hbond substituents is 1. The van der Waals surface area contributed by atoms with Gasteiger partial charge in [0.2, 0.25) is 0 Å². The number of carbonyl (C=O) groups is 1. The molecular weight excluding hydrogens is 250 g/mol. The fraction of sp³-hybridized carbons (Fsp3) is 0. The van der Waals surface area contributed by atoms with Gasteiger partial charge in [-0.05, 0) is 24.3 Å². The number of nitro benzene ring substituents is 1. The van der Waals surface area contributed by atoms with Gasteiger partial charge in [-0.1, -0.05) is 6.07 Å². The van der Waals surface area contributed by atoms with E-state index >= 15 is 0 Å². The predicted octanol–water partition coefficient (Wildman–Crippen LogP) is 2.52. The van der Waals surface area contributed by atoms with E-state index in [1.165, 1.54) is 48.5 Å². The van der Waals surface area contributed by atoms with Crippen molar-refractivity contribution in [1.82, 2.24) is 0 Å². The number of hydrogen-bond acceptors (Lipinski definition) is 5. The predicted molar refractivity (Wildman–Crippen MR) is 66.2 cm³/mol. The minimum absolute atomic E-state index is 0.0194. The number of esters is 1. The Morgan fingerprint density at radius 3 is 2.42 bits per heavy atom. The minimum Gasteiger partial charge on any atom is -0.508 e. The molecule has 0 spiro atoms. The zero-order valence-electron chi connectivity index (χ0n) is 9.65. The van der Waals surface area contributed by atoms with E-state index in [1.807, 2.05) is 0 Å². The van der Waals surface area contributed by atoms with Crippen molar-refractivity contribution in [3.8, 4) is 11.5 Å². The van der Waals surface area contributed by atoms with Crippen LogP contribution in [0.2, 0.25) is 0 Å². The Morgan fingerprint density at radius 1 is 1.16 bits per heavy atom. The molecule has 0 saturated carbocycles. The number of nitro groups is 1. The second kappa shape index (κ2) is 5.18. The van der Waals surface area contributed by atoms with Crippen LogP contribution in [0.25, 0.3) is 0 Å². The molecule has 0 fully saturated rings. The molecule has 2 rings (SSSR count). The van der Waals surface area contributed by atoms with Gasteiger partial charge in [-0.15, -0.1) is 0 Å². The van der Waals surface area contributed by atoms with Crippen LogP contribution in [0.5, 0.6) is 11.5 Å². The van der Waals surface area contributed by atoms with E-state index in [4.69, 9.17) is 4.74 Å². The molecule has 19 heavy (non-hydrogen) atoms. The number of nitrogens with zero attached hydrogens (tertiary/aromatic N) is 1. The molecule has 0 aliphatic heterocycles. The van der Waals surface area contributed by atoms with Crippen molar-refractivity contribution >= 4 is 11.7 Å². The van der Waals surface area contributed by atoms with Crippen LogP contribution >= 0.6 is 0 Å². The average molecular weight is 259 g/mol. The van der Waals surface area contributed by atoms with Gasteiger partial charge in [0.15, 0.2) is 0 Å². The summed E-state index contributed by atoms with van der Waals surface area (Å²) in [6, 6.07) is 10.9. The van der Waals surface area contributed by atoms with E-state index in [0.717, 1.165) is 0 Å². The Kier molecular flexibility index (Phi) is 3.42. The molecule has 6 nitrogen and oxygen atoms in total. The summed E-state index contributed by atoms with van der Waals surface area (Å²) in [6.07, 6.45) is 0. The van der Waals surface area contributed by atoms with Gasteiger partial charge in [0.05, 0.1) is 10.5 Å². The fourth-order valence-electron chi connectivity index (χ4n) is 1.43. The molecule has 2 aromatic rings. The molecule has 0 unspecified atom stereocenters.